The van der Waals surface area contributed by atoms with Gasteiger partial charge < -0.3 is 10.6 Å². The number of nitrogens with one attached hydrogen (secondary N) is 2. The Kier molecular flexibility index (Phi) is 3.30. The average molecular weight is 233 g/mol. The van der Waals surface area contributed by atoms with E-state index in [2.05, 4.69) is 16.7 Å². The monoisotopic (exact) mass is 233 g/mol. The zero-order valence-corrected chi connectivity index (χ0v) is 9.89. The first-order chi connectivity index (χ1) is 8.13. The molecular formula is C13H16FN3. The van der Waals surface area contributed by atoms with Gasteiger partial charge in [0.05, 0.1) is 6.07 Å². The number of hydrogen-bond acceptors (Lipinski definition) is 3. The van der Waals surface area contributed by atoms with Gasteiger partial charge in [-0.15, -0.1) is 0 Å². The Morgan fingerprint density at radius 3 is 2.65 bits per heavy atom. The van der Waals surface area contributed by atoms with Crippen LogP contribution < -0.4 is 10.6 Å². The second-order valence-corrected chi connectivity index (χ2v) is 4.59. The van der Waals surface area contributed by atoms with Crippen molar-refractivity contribution >= 4 is 5.69 Å². The lowest BCUT2D eigenvalue weighted by Gasteiger charge is -2.33. The Hall–Kier alpha value is -1.60. The van der Waals surface area contributed by atoms with Crippen LogP contribution in [0.1, 0.15) is 18.4 Å². The van der Waals surface area contributed by atoms with Crippen molar-refractivity contribution in [2.45, 2.75) is 25.3 Å². The maximum absolute atomic E-state index is 13.3. The van der Waals surface area contributed by atoms with Crippen LogP contribution in [-0.4, -0.2) is 18.6 Å². The zero-order valence-electron chi connectivity index (χ0n) is 9.89. The highest BCUT2D eigenvalue weighted by atomic mass is 19.1. The molecule has 0 radical (unpaired) electrons. The lowest BCUT2D eigenvalue weighted by molar-refractivity contribution is 0.409. The molecule has 90 valence electrons. The van der Waals surface area contributed by atoms with Gasteiger partial charge in [0.1, 0.15) is 11.4 Å². The van der Waals surface area contributed by atoms with Crippen molar-refractivity contribution in [2.75, 3.05) is 18.4 Å². The number of hydrogen-bond donors (Lipinski definition) is 2. The summed E-state index contributed by atoms with van der Waals surface area (Å²) >= 11 is 0. The van der Waals surface area contributed by atoms with Crippen LogP contribution in [0.4, 0.5) is 10.1 Å². The molecule has 2 N–H and O–H groups in total. The quantitative estimate of drug-likeness (QED) is 0.823. The summed E-state index contributed by atoms with van der Waals surface area (Å²) in [6, 6.07) is 7.11. The Labute approximate surface area is 101 Å². The summed E-state index contributed by atoms with van der Waals surface area (Å²) in [5.41, 5.74) is 0.978. The van der Waals surface area contributed by atoms with E-state index >= 15 is 0 Å². The summed E-state index contributed by atoms with van der Waals surface area (Å²) in [6.07, 6.45) is 1.47. The minimum absolute atomic E-state index is 0.269. The van der Waals surface area contributed by atoms with Crippen molar-refractivity contribution in [3.05, 3.63) is 29.6 Å². The Morgan fingerprint density at radius 1 is 1.35 bits per heavy atom. The van der Waals surface area contributed by atoms with E-state index in [9.17, 15) is 9.65 Å². The Bertz CT molecular complexity index is 424. The lowest BCUT2D eigenvalue weighted by Crippen LogP contribution is -2.46. The van der Waals surface area contributed by atoms with E-state index in [0.29, 0.717) is 5.69 Å². The van der Waals surface area contributed by atoms with E-state index in [0.717, 1.165) is 31.5 Å². The molecule has 17 heavy (non-hydrogen) atoms. The summed E-state index contributed by atoms with van der Waals surface area (Å²) in [6.45, 7) is 3.47. The van der Waals surface area contributed by atoms with Gasteiger partial charge in [-0.1, -0.05) is 0 Å². The van der Waals surface area contributed by atoms with Gasteiger partial charge in [0.2, 0.25) is 0 Å². The fourth-order valence-electron chi connectivity index (χ4n) is 2.20. The van der Waals surface area contributed by atoms with Crippen molar-refractivity contribution in [3.63, 3.8) is 0 Å². The summed E-state index contributed by atoms with van der Waals surface area (Å²) < 4.78 is 13.3. The molecule has 0 aliphatic carbocycles. The molecule has 1 aliphatic rings. The third-order valence-corrected chi connectivity index (χ3v) is 3.10. The normalized spacial score (nSPS) is 18.4. The molecule has 1 aliphatic heterocycles. The van der Waals surface area contributed by atoms with Gasteiger partial charge in [-0.3, -0.25) is 0 Å². The molecule has 0 bridgehead atoms. The second-order valence-electron chi connectivity index (χ2n) is 4.59. The number of nitrogens with zero attached hydrogens (tertiary/aromatic N) is 1. The zero-order chi connectivity index (χ0) is 12.3. The van der Waals surface area contributed by atoms with Gasteiger partial charge in [0.25, 0.3) is 0 Å². The van der Waals surface area contributed by atoms with Gasteiger partial charge in [0, 0.05) is 5.69 Å². The van der Waals surface area contributed by atoms with Gasteiger partial charge in [-0.2, -0.15) is 5.26 Å². The molecular weight excluding hydrogens is 217 g/mol. The van der Waals surface area contributed by atoms with E-state index in [-0.39, 0.29) is 5.82 Å². The fraction of sp³-hybridized carbons (Fsp3) is 0.462. The molecule has 0 aromatic heterocycles. The standard InChI is InChI=1S/C13H16FN3/c1-10-6-11(14)8-12(7-10)17-13(9-15)2-4-16-5-3-13/h6-8,16-17H,2-5H2,1H3. The Morgan fingerprint density at radius 2 is 2.06 bits per heavy atom. The van der Waals surface area contributed by atoms with Crippen LogP contribution in [0.25, 0.3) is 0 Å². The van der Waals surface area contributed by atoms with Gasteiger partial charge in [-0.25, -0.2) is 4.39 Å². The molecule has 2 rings (SSSR count). The van der Waals surface area contributed by atoms with Crippen LogP contribution in [0.2, 0.25) is 0 Å². The van der Waals surface area contributed by atoms with E-state index in [1.165, 1.54) is 12.1 Å². The van der Waals surface area contributed by atoms with Crippen molar-refractivity contribution in [2.24, 2.45) is 0 Å². The number of aryl methyl sites for hydroxylation is 1. The summed E-state index contributed by atoms with van der Waals surface area (Å²) in [5, 5.41) is 15.7. The van der Waals surface area contributed by atoms with Crippen LogP contribution in [0, 0.1) is 24.1 Å². The predicted octanol–water partition coefficient (Wildman–Crippen LogP) is 2.19. The van der Waals surface area contributed by atoms with Crippen molar-refractivity contribution < 1.29 is 4.39 Å². The molecule has 3 nitrogen and oxygen atoms in total. The molecule has 1 fully saturated rings. The van der Waals surface area contributed by atoms with Crippen molar-refractivity contribution in [1.82, 2.24) is 5.32 Å². The highest BCUT2D eigenvalue weighted by Gasteiger charge is 2.31. The van der Waals surface area contributed by atoms with E-state index in [1.54, 1.807) is 0 Å². The first kappa shape index (κ1) is 11.9. The minimum Gasteiger partial charge on any atom is -0.367 e. The largest absolute Gasteiger partial charge is 0.367 e. The van der Waals surface area contributed by atoms with Gasteiger partial charge >= 0.3 is 0 Å². The maximum Gasteiger partial charge on any atom is 0.127 e. The van der Waals surface area contributed by atoms with Gasteiger partial charge in [-0.05, 0) is 56.6 Å². The number of anilines is 1. The molecule has 0 saturated carbocycles. The summed E-state index contributed by atoms with van der Waals surface area (Å²) in [7, 11) is 0. The highest BCUT2D eigenvalue weighted by Crippen LogP contribution is 2.24. The van der Waals surface area contributed by atoms with Gasteiger partial charge in [0.15, 0.2) is 0 Å². The molecule has 0 atom stereocenters. The third kappa shape index (κ3) is 2.75. The van der Waals surface area contributed by atoms with Crippen molar-refractivity contribution in [1.29, 1.82) is 5.26 Å². The van der Waals surface area contributed by atoms with Crippen LogP contribution >= 0.6 is 0 Å². The first-order valence-electron chi connectivity index (χ1n) is 5.81. The molecule has 0 spiro atoms. The summed E-state index contributed by atoms with van der Waals surface area (Å²) in [4.78, 5) is 0. The van der Waals surface area contributed by atoms with E-state index in [1.807, 2.05) is 13.0 Å². The number of piperidine rings is 1. The van der Waals surface area contributed by atoms with E-state index < -0.39 is 5.54 Å². The van der Waals surface area contributed by atoms with Crippen LogP contribution in [0.3, 0.4) is 0 Å². The number of nitriles is 1. The predicted molar refractivity (Wildman–Crippen MR) is 65.2 cm³/mol. The molecule has 1 heterocycles. The Balaban J connectivity index is 2.21. The van der Waals surface area contributed by atoms with Crippen LogP contribution in [0.15, 0.2) is 18.2 Å². The number of halogens is 1. The molecule has 0 unspecified atom stereocenters. The SMILES string of the molecule is Cc1cc(F)cc(NC2(C#N)CCNCC2)c1. The first-order valence-corrected chi connectivity index (χ1v) is 5.81. The highest BCUT2D eigenvalue weighted by molar-refractivity contribution is 5.50. The lowest BCUT2D eigenvalue weighted by atomic mass is 9.89. The van der Waals surface area contributed by atoms with Crippen LogP contribution in [-0.2, 0) is 0 Å². The average Bonchev–Trinajstić information content (AvgIpc) is 2.29. The maximum atomic E-state index is 13.3. The van der Waals surface area contributed by atoms with E-state index in [4.69, 9.17) is 0 Å². The molecule has 0 amide bonds. The topological polar surface area (TPSA) is 47.9 Å². The third-order valence-electron chi connectivity index (χ3n) is 3.10. The smallest absolute Gasteiger partial charge is 0.127 e. The second kappa shape index (κ2) is 4.72. The molecule has 1 aromatic carbocycles. The minimum atomic E-state index is -0.564. The summed E-state index contributed by atoms with van der Waals surface area (Å²) in [5.74, 6) is -0.269. The number of benzene rings is 1. The van der Waals surface area contributed by atoms with Crippen LogP contribution in [0.5, 0.6) is 0 Å². The number of rotatable bonds is 2. The fourth-order valence-corrected chi connectivity index (χ4v) is 2.20. The van der Waals surface area contributed by atoms with Crippen molar-refractivity contribution in [3.8, 4) is 6.07 Å². The molecule has 1 aromatic rings. The molecule has 4 heteroatoms. The molecule has 1 saturated heterocycles.